The van der Waals surface area contributed by atoms with E-state index in [1.165, 1.54) is 0 Å². The van der Waals surface area contributed by atoms with Crippen LogP contribution in [0.3, 0.4) is 0 Å². The van der Waals surface area contributed by atoms with Crippen molar-refractivity contribution in [3.63, 3.8) is 0 Å². The van der Waals surface area contributed by atoms with Gasteiger partial charge in [0.15, 0.2) is 0 Å². The number of carboxylic acids is 1. The summed E-state index contributed by atoms with van der Waals surface area (Å²) in [6.07, 6.45) is 3.01. The van der Waals surface area contributed by atoms with E-state index in [0.29, 0.717) is 25.9 Å². The maximum atomic E-state index is 12.3. The monoisotopic (exact) mass is 312 g/mol. The van der Waals surface area contributed by atoms with Gasteiger partial charge < -0.3 is 15.3 Å². The number of nitrogens with zero attached hydrogens (tertiary/aromatic N) is 1. The van der Waals surface area contributed by atoms with Gasteiger partial charge in [-0.25, -0.2) is 0 Å². The summed E-state index contributed by atoms with van der Waals surface area (Å²) in [4.78, 5) is 36.6. The number of carbonyl (C=O) groups is 3. The minimum atomic E-state index is -0.810. The Morgan fingerprint density at radius 2 is 1.91 bits per heavy atom. The summed E-state index contributed by atoms with van der Waals surface area (Å²) in [5, 5.41) is 11.4. The first kappa shape index (κ1) is 18.5. The van der Waals surface area contributed by atoms with Crippen molar-refractivity contribution in [2.75, 3.05) is 19.6 Å². The molecule has 6 nitrogen and oxygen atoms in total. The van der Waals surface area contributed by atoms with E-state index in [1.807, 2.05) is 20.8 Å². The maximum absolute atomic E-state index is 12.3. The first-order valence-electron chi connectivity index (χ1n) is 8.00. The van der Waals surface area contributed by atoms with Gasteiger partial charge in [0.05, 0.1) is 5.92 Å². The molecule has 0 radical (unpaired) electrons. The van der Waals surface area contributed by atoms with Crippen LogP contribution >= 0.6 is 0 Å². The number of likely N-dealkylation sites (tertiary alicyclic amines) is 1. The van der Waals surface area contributed by atoms with Gasteiger partial charge >= 0.3 is 5.97 Å². The fourth-order valence-electron chi connectivity index (χ4n) is 2.61. The molecule has 1 aliphatic rings. The summed E-state index contributed by atoms with van der Waals surface area (Å²) < 4.78 is 0. The highest BCUT2D eigenvalue weighted by Gasteiger charge is 2.33. The number of piperidine rings is 1. The summed E-state index contributed by atoms with van der Waals surface area (Å²) in [7, 11) is 0. The first-order chi connectivity index (χ1) is 10.2. The first-order valence-corrected chi connectivity index (χ1v) is 8.00. The van der Waals surface area contributed by atoms with E-state index in [9.17, 15) is 14.4 Å². The van der Waals surface area contributed by atoms with Crippen LogP contribution in [0.2, 0.25) is 0 Å². The number of unbranched alkanes of at least 4 members (excludes halogenated alkanes) is 1. The van der Waals surface area contributed by atoms with Crippen molar-refractivity contribution in [1.29, 1.82) is 0 Å². The molecule has 1 aliphatic heterocycles. The second kappa shape index (κ2) is 8.15. The van der Waals surface area contributed by atoms with Crippen LogP contribution in [-0.4, -0.2) is 47.4 Å². The van der Waals surface area contributed by atoms with E-state index in [4.69, 9.17) is 5.11 Å². The predicted octanol–water partition coefficient (Wildman–Crippen LogP) is 1.64. The van der Waals surface area contributed by atoms with Crippen molar-refractivity contribution in [1.82, 2.24) is 10.2 Å². The highest BCUT2D eigenvalue weighted by atomic mass is 16.4. The minimum Gasteiger partial charge on any atom is -0.481 e. The van der Waals surface area contributed by atoms with Crippen LogP contribution in [0.4, 0.5) is 0 Å². The van der Waals surface area contributed by atoms with E-state index in [1.54, 1.807) is 4.90 Å². The highest BCUT2D eigenvalue weighted by Crippen LogP contribution is 2.23. The van der Waals surface area contributed by atoms with Gasteiger partial charge in [-0.05, 0) is 25.7 Å². The molecular formula is C16H28N2O4. The molecule has 0 aliphatic carbocycles. The zero-order valence-electron chi connectivity index (χ0n) is 13.9. The Balaban J connectivity index is 2.36. The fourth-order valence-corrected chi connectivity index (χ4v) is 2.61. The number of hydrogen-bond acceptors (Lipinski definition) is 3. The summed E-state index contributed by atoms with van der Waals surface area (Å²) in [5.41, 5.74) is -0.421. The van der Waals surface area contributed by atoms with Crippen molar-refractivity contribution in [3.8, 4) is 0 Å². The molecule has 0 saturated carbocycles. The lowest BCUT2D eigenvalue weighted by molar-refractivity contribution is -0.143. The largest absolute Gasteiger partial charge is 0.481 e. The van der Waals surface area contributed by atoms with Gasteiger partial charge in [0.2, 0.25) is 11.8 Å². The van der Waals surface area contributed by atoms with Crippen LogP contribution < -0.4 is 5.32 Å². The summed E-state index contributed by atoms with van der Waals surface area (Å²) in [6.45, 7) is 7.37. The Hall–Kier alpha value is -1.59. The predicted molar refractivity (Wildman–Crippen MR) is 83.3 cm³/mol. The molecule has 1 heterocycles. The number of rotatable bonds is 6. The van der Waals surface area contributed by atoms with Crippen molar-refractivity contribution in [2.45, 2.75) is 52.9 Å². The number of hydrogen-bond donors (Lipinski definition) is 2. The number of carbonyl (C=O) groups excluding carboxylic acids is 2. The van der Waals surface area contributed by atoms with Crippen LogP contribution in [0.1, 0.15) is 52.9 Å². The van der Waals surface area contributed by atoms with Crippen molar-refractivity contribution in [2.24, 2.45) is 11.3 Å². The van der Waals surface area contributed by atoms with E-state index in [0.717, 1.165) is 19.4 Å². The summed E-state index contributed by atoms with van der Waals surface area (Å²) in [5.74, 6) is -0.900. The summed E-state index contributed by atoms with van der Waals surface area (Å²) >= 11 is 0. The van der Waals surface area contributed by atoms with Crippen molar-refractivity contribution in [3.05, 3.63) is 0 Å². The molecule has 1 fully saturated rings. The minimum absolute atomic E-state index is 0.0262. The van der Waals surface area contributed by atoms with Crippen molar-refractivity contribution < 1.29 is 19.5 Å². The van der Waals surface area contributed by atoms with Gasteiger partial charge in [-0.2, -0.15) is 0 Å². The second-order valence-corrected chi connectivity index (χ2v) is 6.98. The van der Waals surface area contributed by atoms with Crippen LogP contribution in [0.5, 0.6) is 0 Å². The van der Waals surface area contributed by atoms with Gasteiger partial charge in [-0.3, -0.25) is 14.4 Å². The molecule has 0 spiro atoms. The van der Waals surface area contributed by atoms with E-state index >= 15 is 0 Å². The average molecular weight is 312 g/mol. The zero-order chi connectivity index (χ0) is 16.8. The second-order valence-electron chi connectivity index (χ2n) is 6.98. The van der Waals surface area contributed by atoms with Gasteiger partial charge in [0.25, 0.3) is 0 Å². The zero-order valence-corrected chi connectivity index (χ0v) is 13.9. The van der Waals surface area contributed by atoms with Crippen LogP contribution in [0.25, 0.3) is 0 Å². The van der Waals surface area contributed by atoms with Gasteiger partial charge in [0.1, 0.15) is 0 Å². The summed E-state index contributed by atoms with van der Waals surface area (Å²) in [6, 6.07) is 0. The van der Waals surface area contributed by atoms with Crippen LogP contribution in [0, 0.1) is 11.3 Å². The Morgan fingerprint density at radius 1 is 1.23 bits per heavy atom. The average Bonchev–Trinajstić information content (AvgIpc) is 2.44. The molecule has 22 heavy (non-hydrogen) atoms. The van der Waals surface area contributed by atoms with Gasteiger partial charge in [-0.1, -0.05) is 20.8 Å². The number of carboxylic acid groups (broad SMARTS) is 1. The topological polar surface area (TPSA) is 86.7 Å². The molecular weight excluding hydrogens is 284 g/mol. The normalized spacial score (nSPS) is 18.9. The molecule has 0 aromatic rings. The van der Waals surface area contributed by atoms with E-state index < -0.39 is 11.4 Å². The molecule has 1 atom stereocenters. The fraction of sp³-hybridized carbons (Fsp3) is 0.812. The third kappa shape index (κ3) is 6.03. The number of aliphatic carboxylic acids is 1. The smallest absolute Gasteiger partial charge is 0.303 e. The highest BCUT2D eigenvalue weighted by molar-refractivity contribution is 5.83. The quantitative estimate of drug-likeness (QED) is 0.730. The molecule has 2 N–H and O–H groups in total. The lowest BCUT2D eigenvalue weighted by Gasteiger charge is -2.35. The Kier molecular flexibility index (Phi) is 6.84. The Labute approximate surface area is 132 Å². The van der Waals surface area contributed by atoms with Crippen LogP contribution in [0.15, 0.2) is 0 Å². The molecule has 0 aromatic carbocycles. The lowest BCUT2D eigenvalue weighted by Crippen LogP contribution is -2.48. The van der Waals surface area contributed by atoms with Crippen LogP contribution in [-0.2, 0) is 14.4 Å². The molecule has 1 rings (SSSR count). The SMILES string of the molecule is CC(C)(C)C(=O)N1CCCC(C(=O)NCCCCC(=O)O)C1. The Morgan fingerprint density at radius 3 is 2.50 bits per heavy atom. The number of nitrogens with one attached hydrogen (secondary N) is 1. The van der Waals surface area contributed by atoms with Gasteiger partial charge in [-0.15, -0.1) is 0 Å². The molecule has 6 heteroatoms. The van der Waals surface area contributed by atoms with Gasteiger partial charge in [0, 0.05) is 31.5 Å². The molecule has 126 valence electrons. The standard InChI is InChI=1S/C16H28N2O4/c1-16(2,3)15(22)18-10-6-7-12(11-18)14(21)17-9-5-4-8-13(19)20/h12H,4-11H2,1-3H3,(H,17,21)(H,19,20). The maximum Gasteiger partial charge on any atom is 0.303 e. The Bertz CT molecular complexity index is 415. The third-order valence-corrected chi connectivity index (χ3v) is 3.84. The molecule has 2 amide bonds. The third-order valence-electron chi connectivity index (χ3n) is 3.84. The van der Waals surface area contributed by atoms with E-state index in [-0.39, 0.29) is 24.2 Å². The molecule has 1 unspecified atom stereocenters. The molecule has 1 saturated heterocycles. The molecule has 0 bridgehead atoms. The van der Waals surface area contributed by atoms with E-state index in [2.05, 4.69) is 5.32 Å². The van der Waals surface area contributed by atoms with Crippen molar-refractivity contribution >= 4 is 17.8 Å². The molecule has 0 aromatic heterocycles. The number of amides is 2. The lowest BCUT2D eigenvalue weighted by atomic mass is 9.91.